The van der Waals surface area contributed by atoms with Gasteiger partial charge in [0.05, 0.1) is 24.0 Å². The molecule has 1 aromatic carbocycles. The summed E-state index contributed by atoms with van der Waals surface area (Å²) in [6.07, 6.45) is 0.730. The van der Waals surface area contributed by atoms with E-state index in [1.54, 1.807) is 25.3 Å². The number of alkyl carbamates (subject to hydrolysis) is 1. The molecule has 3 aliphatic heterocycles. The van der Waals surface area contributed by atoms with Gasteiger partial charge in [0.25, 0.3) is 5.91 Å². The zero-order valence-corrected chi connectivity index (χ0v) is 35.2. The molecular formula is C41H53F3N6O9S. The molecular weight excluding hydrogens is 810 g/mol. The van der Waals surface area contributed by atoms with Crippen molar-refractivity contribution in [2.24, 2.45) is 17.8 Å². The van der Waals surface area contributed by atoms with E-state index < -0.39 is 86.4 Å². The summed E-state index contributed by atoms with van der Waals surface area (Å²) in [7, 11) is -2.03. The number of fused-ring (bicyclic) bond motifs is 5. The number of hydrogen-bond donors (Lipinski definition) is 3. The third-order valence-corrected chi connectivity index (χ3v) is 14.3. The highest BCUT2D eigenvalue weighted by molar-refractivity contribution is 7.91. The number of hydrogen-bond acceptors (Lipinski definition) is 11. The maximum Gasteiger partial charge on any atom is 0.427 e. The molecule has 4 amide bonds. The second kappa shape index (κ2) is 16.2. The van der Waals surface area contributed by atoms with Gasteiger partial charge in [-0.05, 0) is 82.4 Å². The number of ether oxygens (including phenoxy) is 3. The van der Waals surface area contributed by atoms with Crippen LogP contribution in [0.1, 0.15) is 79.1 Å². The Morgan fingerprint density at radius 1 is 1.10 bits per heavy atom. The Balaban J connectivity index is 1.24. The van der Waals surface area contributed by atoms with Crippen molar-refractivity contribution < 1.29 is 55.0 Å². The van der Waals surface area contributed by atoms with Crippen molar-refractivity contribution in [3.05, 3.63) is 36.5 Å². The second-order valence-corrected chi connectivity index (χ2v) is 19.3. The van der Waals surface area contributed by atoms with Crippen LogP contribution in [-0.4, -0.2) is 110 Å². The maximum atomic E-state index is 15.0. The van der Waals surface area contributed by atoms with E-state index >= 15 is 0 Å². The lowest BCUT2D eigenvalue weighted by Crippen LogP contribution is -2.59. The molecule has 0 radical (unpaired) electrons. The van der Waals surface area contributed by atoms with Gasteiger partial charge in [-0.1, -0.05) is 32.4 Å². The monoisotopic (exact) mass is 862 g/mol. The SMILES string of the molecule is CC[C@@H]1C[C@@H](C)CCC=C[C@@H]2C[C@@]2(C(=O)NS(=O)(=O)C2CC2)NC(=O)[C@@H]2C[C@@H](Oc3nccc4c5c(ccc34)N(C)CCO5)CN2C(=O)[C@H]1NC(=O)OC(C)(C)C(F)(F)F. The minimum absolute atomic E-state index is 0.0300. The van der Waals surface area contributed by atoms with E-state index in [9.17, 15) is 40.8 Å². The number of alkyl halides is 3. The van der Waals surface area contributed by atoms with E-state index in [-0.39, 0.29) is 31.2 Å². The number of rotatable bonds is 8. The van der Waals surface area contributed by atoms with Gasteiger partial charge in [-0.3, -0.25) is 19.1 Å². The molecule has 60 heavy (non-hydrogen) atoms. The number of anilines is 1. The Kier molecular flexibility index (Phi) is 11.7. The number of allylic oxidation sites excluding steroid dienone is 1. The smallest absolute Gasteiger partial charge is 0.427 e. The Morgan fingerprint density at radius 2 is 1.85 bits per heavy atom. The van der Waals surface area contributed by atoms with Gasteiger partial charge < -0.3 is 34.6 Å². The molecule has 0 unspecified atom stereocenters. The van der Waals surface area contributed by atoms with Crippen molar-refractivity contribution in [1.29, 1.82) is 0 Å². The number of amides is 4. The quantitative estimate of drug-likeness (QED) is 0.312. The molecule has 5 aliphatic rings. The summed E-state index contributed by atoms with van der Waals surface area (Å²) in [6.45, 7) is 6.13. The number of carbonyl (C=O) groups excluding carboxylic acids is 4. The highest BCUT2D eigenvalue weighted by Gasteiger charge is 2.62. The first kappa shape index (κ1) is 43.3. The summed E-state index contributed by atoms with van der Waals surface area (Å²) in [5, 5.41) is 5.90. The molecule has 2 aromatic rings. The minimum Gasteiger partial charge on any atom is -0.489 e. The normalized spacial score (nSPS) is 28.9. The lowest BCUT2D eigenvalue weighted by Gasteiger charge is -2.35. The van der Waals surface area contributed by atoms with Crippen LogP contribution in [-0.2, 0) is 29.1 Å². The molecule has 2 aliphatic carbocycles. The van der Waals surface area contributed by atoms with E-state index in [2.05, 4.69) is 25.2 Å². The maximum absolute atomic E-state index is 15.0. The number of nitrogens with one attached hydrogen (secondary N) is 3. The molecule has 19 heteroatoms. The number of aromatic nitrogens is 1. The van der Waals surface area contributed by atoms with Crippen molar-refractivity contribution in [2.75, 3.05) is 31.6 Å². The highest BCUT2D eigenvalue weighted by atomic mass is 32.2. The molecule has 7 atom stereocenters. The van der Waals surface area contributed by atoms with Gasteiger partial charge in [-0.15, -0.1) is 0 Å². The fraction of sp³-hybridized carbons (Fsp3) is 0.634. The minimum atomic E-state index is -4.91. The Bertz CT molecular complexity index is 2170. The molecule has 7 rings (SSSR count). The van der Waals surface area contributed by atoms with Crippen molar-refractivity contribution >= 4 is 50.3 Å². The Labute approximate surface area is 347 Å². The molecule has 2 saturated carbocycles. The zero-order chi connectivity index (χ0) is 43.4. The van der Waals surface area contributed by atoms with Crippen LogP contribution in [0.3, 0.4) is 0 Å². The van der Waals surface area contributed by atoms with Crippen LogP contribution in [0.4, 0.5) is 23.7 Å². The number of nitrogens with zero attached hydrogens (tertiary/aromatic N) is 3. The number of carbonyl (C=O) groups is 4. The summed E-state index contributed by atoms with van der Waals surface area (Å²) in [6, 6.07) is 2.79. The average Bonchev–Trinajstić information content (AvgIpc) is 4.11. The second-order valence-electron chi connectivity index (χ2n) is 17.4. The molecule has 3 fully saturated rings. The van der Waals surface area contributed by atoms with Crippen LogP contribution in [0.25, 0.3) is 10.8 Å². The molecule has 15 nitrogen and oxygen atoms in total. The van der Waals surface area contributed by atoms with Gasteiger partial charge in [0.15, 0.2) is 5.75 Å². The standard InChI is InChI=1S/C41H53F3N6O9S/c1-6-24-19-23(2)9-7-8-10-25-21-40(25,37(53)48-60(55,56)27-11-12-27)47-34(51)31-20-26(22-50(31)36(52)32(24)46-38(54)59-39(3,4)41(42,43)44)58-35-29-13-14-30-33(28(29)15-16-45-35)57-18-17-49(30)5/h8,10,13-16,23-27,31-32H,6-7,9,11-12,17-22H2,1-5H3,(H,46,54)(H,47,51)(H,48,53)/t23-,24+,25+,26+,31-,32-,40+/m0/s1. The van der Waals surface area contributed by atoms with Crippen molar-refractivity contribution in [3.63, 3.8) is 0 Å². The molecule has 0 spiro atoms. The van der Waals surface area contributed by atoms with E-state index in [1.807, 2.05) is 32.2 Å². The summed E-state index contributed by atoms with van der Waals surface area (Å²) >= 11 is 0. The van der Waals surface area contributed by atoms with E-state index in [4.69, 9.17) is 14.2 Å². The third kappa shape index (κ3) is 8.68. The number of likely N-dealkylation sites (N-methyl/N-ethyl adjacent to an activating group) is 1. The third-order valence-electron chi connectivity index (χ3n) is 12.5. The van der Waals surface area contributed by atoms with Gasteiger partial charge in [-0.25, -0.2) is 18.2 Å². The van der Waals surface area contributed by atoms with Gasteiger partial charge in [0.1, 0.15) is 30.3 Å². The largest absolute Gasteiger partial charge is 0.489 e. The molecule has 1 saturated heterocycles. The van der Waals surface area contributed by atoms with E-state index in [0.29, 0.717) is 76.7 Å². The van der Waals surface area contributed by atoms with E-state index in [0.717, 1.165) is 11.1 Å². The Hall–Kier alpha value is -4.81. The average molecular weight is 863 g/mol. The molecule has 328 valence electrons. The van der Waals surface area contributed by atoms with Crippen LogP contribution in [0.15, 0.2) is 36.5 Å². The fourth-order valence-corrected chi connectivity index (χ4v) is 9.82. The highest BCUT2D eigenvalue weighted by Crippen LogP contribution is 2.47. The number of halogens is 3. The number of sulfonamides is 1. The lowest BCUT2D eigenvalue weighted by atomic mass is 9.85. The van der Waals surface area contributed by atoms with Gasteiger partial charge >= 0.3 is 12.3 Å². The van der Waals surface area contributed by atoms with Crippen LogP contribution < -0.4 is 29.7 Å². The number of pyridine rings is 1. The fourth-order valence-electron chi connectivity index (χ4n) is 8.46. The predicted molar refractivity (Wildman–Crippen MR) is 214 cm³/mol. The molecule has 3 N–H and O–H groups in total. The summed E-state index contributed by atoms with van der Waals surface area (Å²) in [5.74, 6) is -2.70. The van der Waals surface area contributed by atoms with Crippen molar-refractivity contribution in [2.45, 2.75) is 120 Å². The topological polar surface area (TPSA) is 186 Å². The van der Waals surface area contributed by atoms with E-state index in [1.165, 1.54) is 4.90 Å². The van der Waals surface area contributed by atoms with Gasteiger partial charge in [0.2, 0.25) is 33.3 Å². The lowest BCUT2D eigenvalue weighted by molar-refractivity contribution is -0.244. The van der Waals surface area contributed by atoms with Crippen LogP contribution in [0.5, 0.6) is 11.6 Å². The molecule has 0 bridgehead atoms. The first-order chi connectivity index (χ1) is 28.2. The van der Waals surface area contributed by atoms with Crippen LogP contribution >= 0.6 is 0 Å². The summed E-state index contributed by atoms with van der Waals surface area (Å²) in [5.41, 5.74) is -3.63. The van der Waals surface area contributed by atoms with Gasteiger partial charge in [0, 0.05) is 36.4 Å². The summed E-state index contributed by atoms with van der Waals surface area (Å²) in [4.78, 5) is 64.4. The van der Waals surface area contributed by atoms with Crippen molar-refractivity contribution in [3.8, 4) is 11.6 Å². The first-order valence-electron chi connectivity index (χ1n) is 20.6. The molecule has 1 aromatic heterocycles. The van der Waals surface area contributed by atoms with Crippen molar-refractivity contribution in [1.82, 2.24) is 25.2 Å². The first-order valence-corrected chi connectivity index (χ1v) is 22.1. The van der Waals surface area contributed by atoms with Crippen LogP contribution in [0.2, 0.25) is 0 Å². The molecule has 4 heterocycles. The Morgan fingerprint density at radius 3 is 2.55 bits per heavy atom. The zero-order valence-electron chi connectivity index (χ0n) is 34.3. The predicted octanol–water partition coefficient (Wildman–Crippen LogP) is 4.73. The summed E-state index contributed by atoms with van der Waals surface area (Å²) < 4.78 is 86.9. The van der Waals surface area contributed by atoms with Gasteiger partial charge in [-0.2, -0.15) is 13.2 Å². The number of benzene rings is 1. The van der Waals surface area contributed by atoms with Crippen LogP contribution in [0, 0.1) is 17.8 Å².